The molecule has 0 N–H and O–H groups in total. The number of halogens is 1. The van der Waals surface area contributed by atoms with Crippen LogP contribution in [-0.2, 0) is 4.79 Å². The minimum absolute atomic E-state index is 0.0529. The monoisotopic (exact) mass is 314 g/mol. The first-order valence-corrected chi connectivity index (χ1v) is 7.08. The Morgan fingerprint density at radius 1 is 1.11 bits per heavy atom. The summed E-state index contributed by atoms with van der Waals surface area (Å²) in [6, 6.07) is 13.9. The Labute approximate surface area is 118 Å². The molecule has 2 nitrogen and oxygen atoms in total. The fourth-order valence-corrected chi connectivity index (χ4v) is 2.27. The summed E-state index contributed by atoms with van der Waals surface area (Å²) in [5, 5.41) is 2.52. The molecule has 0 spiro atoms. The van der Waals surface area contributed by atoms with Gasteiger partial charge in [0.1, 0.15) is 11.2 Å². The van der Waals surface area contributed by atoms with E-state index in [4.69, 9.17) is 4.42 Å². The van der Waals surface area contributed by atoms with E-state index in [9.17, 15) is 4.79 Å². The Morgan fingerprint density at radius 3 is 2.74 bits per heavy atom. The largest absolute Gasteiger partial charge is 0.456 e. The summed E-state index contributed by atoms with van der Waals surface area (Å²) in [6.07, 6.45) is 3.41. The molecule has 3 rings (SSSR count). The lowest BCUT2D eigenvalue weighted by Crippen LogP contribution is -1.90. The molecule has 0 bridgehead atoms. The second-order valence-electron chi connectivity index (χ2n) is 4.29. The first kappa shape index (κ1) is 12.2. The highest BCUT2D eigenvalue weighted by Gasteiger charge is 2.05. The molecular formula is C16H11BrO2. The standard InChI is InChI=1S/C16H11BrO2/c17-10-12(18)7-5-11-6-8-16-14(9-11)13-3-1-2-4-15(13)19-16/h1-9H,10H2/b7-5+. The molecule has 0 aliphatic heterocycles. The number of fused-ring (bicyclic) bond motifs is 3. The number of rotatable bonds is 3. The second-order valence-corrected chi connectivity index (χ2v) is 4.85. The van der Waals surface area contributed by atoms with Crippen molar-refractivity contribution in [2.24, 2.45) is 0 Å². The smallest absolute Gasteiger partial charge is 0.166 e. The number of hydrogen-bond donors (Lipinski definition) is 0. The maximum Gasteiger partial charge on any atom is 0.166 e. The summed E-state index contributed by atoms with van der Waals surface area (Å²) in [5.74, 6) is 0.0529. The first-order chi connectivity index (χ1) is 9.28. The summed E-state index contributed by atoms with van der Waals surface area (Å²) in [7, 11) is 0. The lowest BCUT2D eigenvalue weighted by Gasteiger charge is -1.94. The molecule has 0 saturated carbocycles. The Kier molecular flexibility index (Phi) is 3.22. The zero-order valence-corrected chi connectivity index (χ0v) is 11.7. The lowest BCUT2D eigenvalue weighted by molar-refractivity contribution is -0.112. The molecule has 0 aliphatic rings. The van der Waals surface area contributed by atoms with Gasteiger partial charge >= 0.3 is 0 Å². The molecule has 0 aliphatic carbocycles. The lowest BCUT2D eigenvalue weighted by atomic mass is 10.1. The van der Waals surface area contributed by atoms with E-state index in [0.29, 0.717) is 5.33 Å². The van der Waals surface area contributed by atoms with Crippen molar-refractivity contribution < 1.29 is 9.21 Å². The summed E-state index contributed by atoms with van der Waals surface area (Å²) in [6.45, 7) is 0. The number of benzene rings is 2. The number of hydrogen-bond acceptors (Lipinski definition) is 2. The van der Waals surface area contributed by atoms with Gasteiger partial charge in [0.05, 0.1) is 5.33 Å². The van der Waals surface area contributed by atoms with Gasteiger partial charge in [0.25, 0.3) is 0 Å². The fourth-order valence-electron chi connectivity index (χ4n) is 2.08. The van der Waals surface area contributed by atoms with E-state index in [2.05, 4.69) is 15.9 Å². The van der Waals surface area contributed by atoms with Crippen LogP contribution < -0.4 is 0 Å². The van der Waals surface area contributed by atoms with Gasteiger partial charge in [0.2, 0.25) is 0 Å². The van der Waals surface area contributed by atoms with Gasteiger partial charge < -0.3 is 4.42 Å². The van der Waals surface area contributed by atoms with E-state index >= 15 is 0 Å². The second kappa shape index (κ2) is 5.02. The highest BCUT2D eigenvalue weighted by molar-refractivity contribution is 9.09. The van der Waals surface area contributed by atoms with E-state index in [1.165, 1.54) is 0 Å². The molecule has 0 amide bonds. The third-order valence-electron chi connectivity index (χ3n) is 2.99. The van der Waals surface area contributed by atoms with Crippen LogP contribution in [0.3, 0.4) is 0 Å². The molecule has 3 aromatic rings. The van der Waals surface area contributed by atoms with E-state index in [1.54, 1.807) is 6.08 Å². The van der Waals surface area contributed by atoms with Gasteiger partial charge in [0.15, 0.2) is 5.78 Å². The molecule has 19 heavy (non-hydrogen) atoms. The van der Waals surface area contributed by atoms with Crippen LogP contribution in [-0.4, -0.2) is 11.1 Å². The van der Waals surface area contributed by atoms with Crippen molar-refractivity contribution in [3.05, 3.63) is 54.1 Å². The molecule has 1 aromatic heterocycles. The number of allylic oxidation sites excluding steroid dienone is 1. The molecule has 0 atom stereocenters. The van der Waals surface area contributed by atoms with Gasteiger partial charge in [-0.2, -0.15) is 0 Å². The topological polar surface area (TPSA) is 30.2 Å². The molecule has 3 heteroatoms. The van der Waals surface area contributed by atoms with Gasteiger partial charge in [-0.25, -0.2) is 0 Å². The Hall–Kier alpha value is -1.87. The van der Waals surface area contributed by atoms with Crippen LogP contribution in [0.25, 0.3) is 28.0 Å². The van der Waals surface area contributed by atoms with E-state index < -0.39 is 0 Å². The molecule has 0 radical (unpaired) electrons. The highest BCUT2D eigenvalue weighted by Crippen LogP contribution is 2.29. The van der Waals surface area contributed by atoms with Crippen LogP contribution in [0.2, 0.25) is 0 Å². The number of furan rings is 1. The first-order valence-electron chi connectivity index (χ1n) is 5.96. The predicted molar refractivity (Wildman–Crippen MR) is 81.6 cm³/mol. The van der Waals surface area contributed by atoms with E-state index in [1.807, 2.05) is 48.5 Å². The Morgan fingerprint density at radius 2 is 1.89 bits per heavy atom. The van der Waals surface area contributed by atoms with Crippen molar-refractivity contribution in [1.82, 2.24) is 0 Å². The predicted octanol–water partition coefficient (Wildman–Crippen LogP) is 4.56. The quantitative estimate of drug-likeness (QED) is 0.524. The van der Waals surface area contributed by atoms with Gasteiger partial charge in [-0.05, 0) is 29.8 Å². The maximum absolute atomic E-state index is 11.3. The SMILES string of the molecule is O=C(/C=C/c1ccc2oc3ccccc3c2c1)CBr. The molecule has 0 unspecified atom stereocenters. The normalized spacial score (nSPS) is 11.6. The van der Waals surface area contributed by atoms with Crippen LogP contribution in [0.5, 0.6) is 0 Å². The van der Waals surface area contributed by atoms with Crippen molar-refractivity contribution in [2.45, 2.75) is 0 Å². The van der Waals surface area contributed by atoms with Gasteiger partial charge in [-0.15, -0.1) is 0 Å². The van der Waals surface area contributed by atoms with Crippen LogP contribution in [0.1, 0.15) is 5.56 Å². The molecular weight excluding hydrogens is 304 g/mol. The van der Waals surface area contributed by atoms with Crippen molar-refractivity contribution in [3.63, 3.8) is 0 Å². The fraction of sp³-hybridized carbons (Fsp3) is 0.0625. The molecule has 1 heterocycles. The summed E-state index contributed by atoms with van der Waals surface area (Å²) < 4.78 is 5.76. The average molecular weight is 315 g/mol. The van der Waals surface area contributed by atoms with E-state index in [-0.39, 0.29) is 5.78 Å². The molecule has 0 fully saturated rings. The average Bonchev–Trinajstić information content (AvgIpc) is 2.82. The number of alkyl halides is 1. The minimum Gasteiger partial charge on any atom is -0.456 e. The van der Waals surface area contributed by atoms with Crippen molar-refractivity contribution >= 4 is 49.7 Å². The van der Waals surface area contributed by atoms with Crippen molar-refractivity contribution in [1.29, 1.82) is 0 Å². The van der Waals surface area contributed by atoms with Crippen LogP contribution in [0.4, 0.5) is 0 Å². The molecule has 2 aromatic carbocycles. The number of carbonyl (C=O) groups is 1. The van der Waals surface area contributed by atoms with Gasteiger partial charge in [-0.1, -0.05) is 46.3 Å². The summed E-state index contributed by atoms with van der Waals surface area (Å²) >= 11 is 3.14. The van der Waals surface area contributed by atoms with Crippen LogP contribution in [0.15, 0.2) is 53.0 Å². The Bertz CT molecular complexity index is 784. The van der Waals surface area contributed by atoms with Crippen LogP contribution in [0, 0.1) is 0 Å². The van der Waals surface area contributed by atoms with Crippen molar-refractivity contribution in [3.8, 4) is 0 Å². The molecule has 94 valence electrons. The minimum atomic E-state index is 0.0529. The molecule has 0 saturated heterocycles. The summed E-state index contributed by atoms with van der Waals surface area (Å²) in [4.78, 5) is 11.3. The highest BCUT2D eigenvalue weighted by atomic mass is 79.9. The van der Waals surface area contributed by atoms with Gasteiger partial charge in [0, 0.05) is 10.8 Å². The number of ketones is 1. The van der Waals surface area contributed by atoms with Crippen LogP contribution >= 0.6 is 15.9 Å². The Balaban J connectivity index is 2.11. The number of carbonyl (C=O) groups excluding carboxylic acids is 1. The van der Waals surface area contributed by atoms with Crippen molar-refractivity contribution in [2.75, 3.05) is 5.33 Å². The third-order valence-corrected chi connectivity index (χ3v) is 3.55. The summed E-state index contributed by atoms with van der Waals surface area (Å²) in [5.41, 5.74) is 2.74. The third kappa shape index (κ3) is 2.34. The number of para-hydroxylation sites is 1. The van der Waals surface area contributed by atoms with E-state index in [0.717, 1.165) is 27.5 Å². The zero-order valence-electron chi connectivity index (χ0n) is 10.1. The van der Waals surface area contributed by atoms with Gasteiger partial charge in [-0.3, -0.25) is 4.79 Å². The zero-order chi connectivity index (χ0) is 13.2. The maximum atomic E-state index is 11.3.